The molecular weight excluding hydrogens is 240 g/mol. The topological polar surface area (TPSA) is 50.4 Å². The Morgan fingerprint density at radius 2 is 2.11 bits per heavy atom. The average molecular weight is 268 g/mol. The average Bonchev–Trinajstić information content (AvgIpc) is 2.23. The number of amides is 1. The summed E-state index contributed by atoms with van der Waals surface area (Å²) in [7, 11) is 0. The summed E-state index contributed by atoms with van der Waals surface area (Å²) in [6.45, 7) is 9.06. The van der Waals surface area contributed by atoms with Crippen molar-refractivity contribution >= 4 is 6.09 Å². The van der Waals surface area contributed by atoms with Gasteiger partial charge in [-0.15, -0.1) is 0 Å². The van der Waals surface area contributed by atoms with E-state index < -0.39 is 0 Å². The molecule has 1 rings (SSSR count). The molecule has 0 aromatic heterocycles. The second-order valence-electron chi connectivity index (χ2n) is 6.16. The third-order valence-corrected chi connectivity index (χ3v) is 3.03. The van der Waals surface area contributed by atoms with Crippen LogP contribution in [0.4, 0.5) is 4.79 Å². The van der Waals surface area contributed by atoms with Crippen LogP contribution in [-0.4, -0.2) is 30.3 Å². The molecule has 2 unspecified atom stereocenters. The zero-order chi connectivity index (χ0) is 14.3. The van der Waals surface area contributed by atoms with E-state index >= 15 is 0 Å². The maximum Gasteiger partial charge on any atom is 0.407 e. The Morgan fingerprint density at radius 1 is 1.37 bits per heavy atom. The standard InChI is InChI=1S/C15H28N2O2/c1-5-16-14(18)19-13-10-6-8-12(9-7-11-13)17-15(2,3)4/h6,10,12-13,17H,5,7-9,11H2,1-4H3,(H,16,18)/b10-6+. The van der Waals surface area contributed by atoms with Crippen molar-refractivity contribution in [3.05, 3.63) is 12.2 Å². The molecule has 0 fully saturated rings. The highest BCUT2D eigenvalue weighted by molar-refractivity contribution is 5.67. The van der Waals surface area contributed by atoms with E-state index in [1.54, 1.807) is 0 Å². The van der Waals surface area contributed by atoms with Crippen LogP contribution in [0.15, 0.2) is 12.2 Å². The van der Waals surface area contributed by atoms with Crippen molar-refractivity contribution < 1.29 is 9.53 Å². The van der Waals surface area contributed by atoms with Crippen LogP contribution in [0.3, 0.4) is 0 Å². The molecule has 19 heavy (non-hydrogen) atoms. The smallest absolute Gasteiger partial charge is 0.407 e. The lowest BCUT2D eigenvalue weighted by molar-refractivity contribution is 0.113. The first kappa shape index (κ1) is 16.0. The van der Waals surface area contributed by atoms with E-state index in [0.29, 0.717) is 12.6 Å². The van der Waals surface area contributed by atoms with Crippen molar-refractivity contribution in [1.29, 1.82) is 0 Å². The van der Waals surface area contributed by atoms with Gasteiger partial charge in [0, 0.05) is 18.1 Å². The summed E-state index contributed by atoms with van der Waals surface area (Å²) in [5.41, 5.74) is 0.147. The summed E-state index contributed by atoms with van der Waals surface area (Å²) >= 11 is 0. The second-order valence-corrected chi connectivity index (χ2v) is 6.16. The molecule has 0 heterocycles. The minimum absolute atomic E-state index is 0.0814. The quantitative estimate of drug-likeness (QED) is 0.774. The SMILES string of the molecule is CCNC(=O)OC1/C=C/CC(NC(C)(C)C)CCC1. The van der Waals surface area contributed by atoms with E-state index in [0.717, 1.165) is 25.7 Å². The number of alkyl carbamates (subject to hydrolysis) is 1. The number of hydrogen-bond donors (Lipinski definition) is 2. The molecular formula is C15H28N2O2. The van der Waals surface area contributed by atoms with Crippen molar-refractivity contribution in [2.24, 2.45) is 0 Å². The summed E-state index contributed by atoms with van der Waals surface area (Å²) in [5.74, 6) is 0. The van der Waals surface area contributed by atoms with Crippen LogP contribution in [0.1, 0.15) is 53.4 Å². The molecule has 0 aromatic carbocycles. The summed E-state index contributed by atoms with van der Waals surface area (Å²) < 4.78 is 5.35. The zero-order valence-electron chi connectivity index (χ0n) is 12.7. The fourth-order valence-electron chi connectivity index (χ4n) is 2.34. The number of carbonyl (C=O) groups excluding carboxylic acids is 1. The summed E-state index contributed by atoms with van der Waals surface area (Å²) in [6.07, 6.45) is 7.84. The summed E-state index contributed by atoms with van der Waals surface area (Å²) in [5, 5.41) is 6.29. The van der Waals surface area contributed by atoms with Gasteiger partial charge in [-0.05, 0) is 59.5 Å². The number of hydrogen-bond acceptors (Lipinski definition) is 3. The van der Waals surface area contributed by atoms with Crippen LogP contribution in [0, 0.1) is 0 Å². The molecule has 110 valence electrons. The molecule has 0 saturated heterocycles. The van der Waals surface area contributed by atoms with Gasteiger partial charge in [-0.3, -0.25) is 0 Å². The first-order valence-corrected chi connectivity index (χ1v) is 7.29. The minimum Gasteiger partial charge on any atom is -0.442 e. The molecule has 0 aliphatic heterocycles. The van der Waals surface area contributed by atoms with Crippen LogP contribution in [0.5, 0.6) is 0 Å². The Labute approximate surface area is 117 Å². The van der Waals surface area contributed by atoms with Gasteiger partial charge in [-0.25, -0.2) is 4.79 Å². The molecule has 2 N–H and O–H groups in total. The van der Waals surface area contributed by atoms with E-state index in [4.69, 9.17) is 4.74 Å². The van der Waals surface area contributed by atoms with Crippen LogP contribution in [0.2, 0.25) is 0 Å². The van der Waals surface area contributed by atoms with Gasteiger partial charge < -0.3 is 15.4 Å². The summed E-state index contributed by atoms with van der Waals surface area (Å²) in [6, 6.07) is 0.515. The lowest BCUT2D eigenvalue weighted by atomic mass is 9.97. The van der Waals surface area contributed by atoms with Gasteiger partial charge in [0.25, 0.3) is 0 Å². The highest BCUT2D eigenvalue weighted by atomic mass is 16.6. The molecule has 1 aliphatic rings. The van der Waals surface area contributed by atoms with Gasteiger partial charge >= 0.3 is 6.09 Å². The highest BCUT2D eigenvalue weighted by Crippen LogP contribution is 2.17. The Kier molecular flexibility index (Phi) is 6.35. The fraction of sp³-hybridized carbons (Fsp3) is 0.800. The van der Waals surface area contributed by atoms with Gasteiger partial charge in [0.15, 0.2) is 0 Å². The third-order valence-electron chi connectivity index (χ3n) is 3.03. The van der Waals surface area contributed by atoms with Gasteiger partial charge in [0.2, 0.25) is 0 Å². The lowest BCUT2D eigenvalue weighted by Gasteiger charge is -2.29. The Bertz CT molecular complexity index is 308. The second kappa shape index (κ2) is 7.53. The van der Waals surface area contributed by atoms with E-state index in [9.17, 15) is 4.79 Å². The van der Waals surface area contributed by atoms with Gasteiger partial charge in [-0.2, -0.15) is 0 Å². The number of nitrogens with one attached hydrogen (secondary N) is 2. The van der Waals surface area contributed by atoms with Crippen molar-refractivity contribution in [3.63, 3.8) is 0 Å². The van der Waals surface area contributed by atoms with Crippen molar-refractivity contribution in [2.75, 3.05) is 6.54 Å². The molecule has 1 amide bonds. The maximum absolute atomic E-state index is 11.4. The predicted molar refractivity (Wildman–Crippen MR) is 78.2 cm³/mol. The summed E-state index contributed by atoms with van der Waals surface area (Å²) in [4.78, 5) is 11.4. The molecule has 4 nitrogen and oxygen atoms in total. The Hall–Kier alpha value is -1.03. The normalized spacial score (nSPS) is 26.1. The van der Waals surface area contributed by atoms with E-state index in [1.165, 1.54) is 0 Å². The molecule has 0 aromatic rings. The zero-order valence-corrected chi connectivity index (χ0v) is 12.7. The van der Waals surface area contributed by atoms with Gasteiger partial charge in [-0.1, -0.05) is 6.08 Å². The molecule has 0 spiro atoms. The molecule has 0 saturated carbocycles. The van der Waals surface area contributed by atoms with Crippen LogP contribution >= 0.6 is 0 Å². The van der Waals surface area contributed by atoms with Gasteiger partial charge in [0.05, 0.1) is 0 Å². The van der Waals surface area contributed by atoms with Crippen molar-refractivity contribution in [1.82, 2.24) is 10.6 Å². The fourth-order valence-corrected chi connectivity index (χ4v) is 2.34. The Balaban J connectivity index is 2.43. The number of carbonyl (C=O) groups is 1. The maximum atomic E-state index is 11.4. The monoisotopic (exact) mass is 268 g/mol. The first-order chi connectivity index (χ1) is 8.90. The number of ether oxygens (including phenoxy) is 1. The predicted octanol–water partition coefficient (Wildman–Crippen LogP) is 2.99. The van der Waals surface area contributed by atoms with Crippen molar-refractivity contribution in [3.8, 4) is 0 Å². The molecule has 4 heteroatoms. The molecule has 1 aliphatic carbocycles. The largest absolute Gasteiger partial charge is 0.442 e. The van der Waals surface area contributed by atoms with Gasteiger partial charge in [0.1, 0.15) is 6.10 Å². The van der Waals surface area contributed by atoms with Crippen molar-refractivity contribution in [2.45, 2.75) is 71.1 Å². The third kappa shape index (κ3) is 7.21. The number of rotatable bonds is 3. The van der Waals surface area contributed by atoms with Crippen LogP contribution in [0.25, 0.3) is 0 Å². The van der Waals surface area contributed by atoms with Crippen LogP contribution < -0.4 is 10.6 Å². The lowest BCUT2D eigenvalue weighted by Crippen LogP contribution is -2.43. The molecule has 0 radical (unpaired) electrons. The molecule has 0 bridgehead atoms. The van der Waals surface area contributed by atoms with Crippen LogP contribution in [-0.2, 0) is 4.74 Å². The highest BCUT2D eigenvalue weighted by Gasteiger charge is 2.19. The van der Waals surface area contributed by atoms with E-state index in [1.807, 2.05) is 13.0 Å². The molecule has 2 atom stereocenters. The Morgan fingerprint density at radius 3 is 2.74 bits per heavy atom. The minimum atomic E-state index is -0.318. The first-order valence-electron chi connectivity index (χ1n) is 7.29. The van der Waals surface area contributed by atoms with E-state index in [-0.39, 0.29) is 17.7 Å². The van der Waals surface area contributed by atoms with E-state index in [2.05, 4.69) is 37.5 Å².